The SMILES string of the molecule is O=C(CCNc1ccccc1[N+](=O)[O-])Nc1ccc(Nc2ccccc2)cc1. The molecule has 0 saturated heterocycles. The van der Waals surface area contributed by atoms with Crippen molar-refractivity contribution in [3.05, 3.63) is 89.0 Å². The molecule has 0 aliphatic rings. The number of benzene rings is 3. The molecule has 7 nitrogen and oxygen atoms in total. The minimum absolute atomic E-state index is 0.00980. The van der Waals surface area contributed by atoms with Crippen molar-refractivity contribution in [2.24, 2.45) is 0 Å². The van der Waals surface area contributed by atoms with Crippen LogP contribution in [-0.4, -0.2) is 17.4 Å². The second-order valence-corrected chi connectivity index (χ2v) is 6.07. The maximum atomic E-state index is 12.1. The fourth-order valence-corrected chi connectivity index (χ4v) is 2.64. The summed E-state index contributed by atoms with van der Waals surface area (Å²) in [6.07, 6.45) is 0.191. The second kappa shape index (κ2) is 9.18. The largest absolute Gasteiger partial charge is 0.379 e. The fourth-order valence-electron chi connectivity index (χ4n) is 2.64. The van der Waals surface area contributed by atoms with E-state index < -0.39 is 4.92 Å². The molecule has 0 saturated carbocycles. The smallest absolute Gasteiger partial charge is 0.292 e. The summed E-state index contributed by atoms with van der Waals surface area (Å²) < 4.78 is 0. The average molecular weight is 376 g/mol. The molecule has 7 heteroatoms. The Morgan fingerprint density at radius 3 is 2.14 bits per heavy atom. The number of nitro benzene ring substituents is 1. The Kier molecular flexibility index (Phi) is 6.20. The van der Waals surface area contributed by atoms with Crippen molar-refractivity contribution in [1.82, 2.24) is 0 Å². The van der Waals surface area contributed by atoms with Crippen molar-refractivity contribution in [2.45, 2.75) is 6.42 Å². The van der Waals surface area contributed by atoms with Crippen LogP contribution in [0.1, 0.15) is 6.42 Å². The van der Waals surface area contributed by atoms with Gasteiger partial charge < -0.3 is 16.0 Å². The number of para-hydroxylation sites is 3. The Morgan fingerprint density at radius 1 is 0.821 bits per heavy atom. The van der Waals surface area contributed by atoms with Crippen LogP contribution >= 0.6 is 0 Å². The summed E-state index contributed by atoms with van der Waals surface area (Å²) in [4.78, 5) is 22.6. The monoisotopic (exact) mass is 376 g/mol. The molecular weight excluding hydrogens is 356 g/mol. The molecule has 3 N–H and O–H groups in total. The normalized spacial score (nSPS) is 10.1. The number of rotatable bonds is 8. The second-order valence-electron chi connectivity index (χ2n) is 6.07. The van der Waals surface area contributed by atoms with Gasteiger partial charge in [-0.25, -0.2) is 0 Å². The Labute approximate surface area is 162 Å². The lowest BCUT2D eigenvalue weighted by molar-refractivity contribution is -0.384. The summed E-state index contributed by atoms with van der Waals surface area (Å²) >= 11 is 0. The minimum atomic E-state index is -0.451. The Hall–Kier alpha value is -3.87. The molecule has 3 aromatic rings. The molecule has 0 aromatic heterocycles. The van der Waals surface area contributed by atoms with Crippen LogP contribution in [0, 0.1) is 10.1 Å². The highest BCUT2D eigenvalue weighted by atomic mass is 16.6. The lowest BCUT2D eigenvalue weighted by Crippen LogP contribution is -2.16. The van der Waals surface area contributed by atoms with Crippen LogP contribution in [0.4, 0.5) is 28.4 Å². The van der Waals surface area contributed by atoms with Crippen molar-refractivity contribution >= 4 is 34.3 Å². The predicted octanol–water partition coefficient (Wildman–Crippen LogP) is 4.78. The van der Waals surface area contributed by atoms with Crippen molar-refractivity contribution in [2.75, 3.05) is 22.5 Å². The van der Waals surface area contributed by atoms with Gasteiger partial charge in [-0.1, -0.05) is 30.3 Å². The van der Waals surface area contributed by atoms with E-state index in [2.05, 4.69) is 16.0 Å². The van der Waals surface area contributed by atoms with Gasteiger partial charge in [0.1, 0.15) is 5.69 Å². The number of nitro groups is 1. The number of nitrogens with zero attached hydrogens (tertiary/aromatic N) is 1. The quantitative estimate of drug-likeness (QED) is 0.388. The molecule has 142 valence electrons. The van der Waals surface area contributed by atoms with Crippen LogP contribution in [0.2, 0.25) is 0 Å². The molecule has 0 aliphatic heterocycles. The van der Waals surface area contributed by atoms with Crippen molar-refractivity contribution in [3.8, 4) is 0 Å². The molecule has 28 heavy (non-hydrogen) atoms. The van der Waals surface area contributed by atoms with E-state index in [1.165, 1.54) is 6.07 Å². The van der Waals surface area contributed by atoms with Gasteiger partial charge in [-0.05, 0) is 42.5 Å². The zero-order valence-electron chi connectivity index (χ0n) is 15.1. The van der Waals surface area contributed by atoms with Crippen LogP contribution in [0.15, 0.2) is 78.9 Å². The fraction of sp³-hybridized carbons (Fsp3) is 0.0952. The minimum Gasteiger partial charge on any atom is -0.379 e. The number of hydrogen-bond donors (Lipinski definition) is 3. The first-order valence-corrected chi connectivity index (χ1v) is 8.81. The maximum absolute atomic E-state index is 12.1. The van der Waals surface area contributed by atoms with Gasteiger partial charge in [0.25, 0.3) is 5.69 Å². The highest BCUT2D eigenvalue weighted by Crippen LogP contribution is 2.23. The molecule has 0 unspecified atom stereocenters. The van der Waals surface area contributed by atoms with Crippen LogP contribution in [0.3, 0.4) is 0 Å². The predicted molar refractivity (Wildman–Crippen MR) is 111 cm³/mol. The molecule has 0 aliphatic carbocycles. The van der Waals surface area contributed by atoms with Gasteiger partial charge in [0, 0.05) is 36.1 Å². The van der Waals surface area contributed by atoms with Gasteiger partial charge in [-0.3, -0.25) is 14.9 Å². The molecule has 3 aromatic carbocycles. The molecule has 0 bridgehead atoms. The van der Waals surface area contributed by atoms with Gasteiger partial charge >= 0.3 is 0 Å². The lowest BCUT2D eigenvalue weighted by Gasteiger charge is -2.09. The molecule has 0 atom stereocenters. The van der Waals surface area contributed by atoms with Crippen LogP contribution in [0.5, 0.6) is 0 Å². The number of nitrogens with one attached hydrogen (secondary N) is 3. The summed E-state index contributed by atoms with van der Waals surface area (Å²) in [5.41, 5.74) is 2.98. The van der Waals surface area contributed by atoms with E-state index in [9.17, 15) is 14.9 Å². The van der Waals surface area contributed by atoms with E-state index in [0.29, 0.717) is 17.9 Å². The molecule has 0 heterocycles. The molecule has 1 amide bonds. The lowest BCUT2D eigenvalue weighted by atomic mass is 10.2. The number of hydrogen-bond acceptors (Lipinski definition) is 5. The molecule has 0 spiro atoms. The first kappa shape index (κ1) is 18.9. The van der Waals surface area contributed by atoms with Gasteiger partial charge in [0.05, 0.1) is 4.92 Å². The van der Waals surface area contributed by atoms with Crippen molar-refractivity contribution in [3.63, 3.8) is 0 Å². The highest BCUT2D eigenvalue weighted by Gasteiger charge is 2.12. The van der Waals surface area contributed by atoms with Gasteiger partial charge in [-0.2, -0.15) is 0 Å². The average Bonchev–Trinajstić information content (AvgIpc) is 2.70. The summed E-state index contributed by atoms with van der Waals surface area (Å²) in [7, 11) is 0. The van der Waals surface area contributed by atoms with Gasteiger partial charge in [0.2, 0.25) is 5.91 Å². The third-order valence-electron chi connectivity index (χ3n) is 4.00. The van der Waals surface area contributed by atoms with Crippen LogP contribution < -0.4 is 16.0 Å². The standard InChI is InChI=1S/C21H20N4O3/c26-21(14-15-22-19-8-4-5-9-20(19)25(27)28)24-18-12-10-17(11-13-18)23-16-6-2-1-3-7-16/h1-13,22-23H,14-15H2,(H,24,26). The molecule has 0 radical (unpaired) electrons. The summed E-state index contributed by atoms with van der Waals surface area (Å²) in [5, 5.41) is 20.0. The summed E-state index contributed by atoms with van der Waals surface area (Å²) in [5.74, 6) is -0.171. The van der Waals surface area contributed by atoms with Crippen molar-refractivity contribution < 1.29 is 9.72 Å². The number of carbonyl (C=O) groups is 1. The number of carbonyl (C=O) groups excluding carboxylic acids is 1. The topological polar surface area (TPSA) is 96.3 Å². The van der Waals surface area contributed by atoms with Crippen LogP contribution in [-0.2, 0) is 4.79 Å². The first-order valence-electron chi connectivity index (χ1n) is 8.81. The van der Waals surface area contributed by atoms with E-state index in [4.69, 9.17) is 0 Å². The number of anilines is 4. The third kappa shape index (κ3) is 5.31. The Bertz CT molecular complexity index is 943. The van der Waals surface area contributed by atoms with Gasteiger partial charge in [0.15, 0.2) is 0 Å². The molecule has 3 rings (SSSR count). The summed E-state index contributed by atoms with van der Waals surface area (Å²) in [6, 6.07) is 23.6. The van der Waals surface area contributed by atoms with E-state index in [1.54, 1.807) is 18.2 Å². The Morgan fingerprint density at radius 2 is 1.43 bits per heavy atom. The van der Waals surface area contributed by atoms with Gasteiger partial charge in [-0.15, -0.1) is 0 Å². The van der Waals surface area contributed by atoms with E-state index in [1.807, 2.05) is 54.6 Å². The third-order valence-corrected chi connectivity index (χ3v) is 4.00. The molecular formula is C21H20N4O3. The zero-order valence-corrected chi connectivity index (χ0v) is 15.1. The maximum Gasteiger partial charge on any atom is 0.292 e. The van der Waals surface area contributed by atoms with Crippen molar-refractivity contribution in [1.29, 1.82) is 0 Å². The van der Waals surface area contributed by atoms with Crippen LogP contribution in [0.25, 0.3) is 0 Å². The Balaban J connectivity index is 1.48. The van der Waals surface area contributed by atoms with E-state index in [0.717, 1.165) is 11.4 Å². The highest BCUT2D eigenvalue weighted by molar-refractivity contribution is 5.91. The molecule has 0 fully saturated rings. The first-order chi connectivity index (χ1) is 13.6. The number of amides is 1. The zero-order chi connectivity index (χ0) is 19.8. The summed E-state index contributed by atoms with van der Waals surface area (Å²) in [6.45, 7) is 0.296. The van der Waals surface area contributed by atoms with E-state index in [-0.39, 0.29) is 18.0 Å². The van der Waals surface area contributed by atoms with E-state index >= 15 is 0 Å².